The second-order valence-corrected chi connectivity index (χ2v) is 4.36. The summed E-state index contributed by atoms with van der Waals surface area (Å²) < 4.78 is 30.0. The minimum atomic E-state index is -3.37. The molecule has 1 heterocycles. The van der Waals surface area contributed by atoms with E-state index in [0.29, 0.717) is 0 Å². The molecule has 1 atom stereocenters. The molecule has 1 unspecified atom stereocenters. The van der Waals surface area contributed by atoms with Crippen molar-refractivity contribution in [2.24, 2.45) is 0 Å². The molecule has 0 aromatic carbocycles. The Morgan fingerprint density at radius 2 is 2.27 bits per heavy atom. The van der Waals surface area contributed by atoms with E-state index in [9.17, 15) is 13.6 Å². The average Bonchev–Trinajstić information content (AvgIpc) is 2.38. The maximum atomic E-state index is 12.7. The zero-order chi connectivity index (χ0) is 11.7. The van der Waals surface area contributed by atoms with Gasteiger partial charge in [0.15, 0.2) is 0 Å². The molecule has 15 heavy (non-hydrogen) atoms. The van der Waals surface area contributed by atoms with Crippen LogP contribution in [-0.4, -0.2) is 41.8 Å². The molecular formula is C9H15F2NO3. The van der Waals surface area contributed by atoms with Crippen LogP contribution >= 0.6 is 0 Å². The number of ether oxygens (including phenoxy) is 1. The van der Waals surface area contributed by atoms with Gasteiger partial charge in [-0.15, -0.1) is 0 Å². The standard InChI is InChI=1S/C9H15F2NO3/c1-8(2,5-13)12-4-6-3-9(10,11)7(14)15-6/h6,12-13H,3-5H2,1-2H3. The number of rotatable bonds is 4. The van der Waals surface area contributed by atoms with Crippen molar-refractivity contribution in [2.75, 3.05) is 13.2 Å². The summed E-state index contributed by atoms with van der Waals surface area (Å²) in [4.78, 5) is 10.7. The summed E-state index contributed by atoms with van der Waals surface area (Å²) in [6.07, 6.45) is -1.42. The highest BCUT2D eigenvalue weighted by Crippen LogP contribution is 2.30. The van der Waals surface area contributed by atoms with E-state index in [1.54, 1.807) is 13.8 Å². The van der Waals surface area contributed by atoms with Crippen LogP contribution in [0.5, 0.6) is 0 Å². The van der Waals surface area contributed by atoms with Gasteiger partial charge in [-0.25, -0.2) is 4.79 Å². The molecule has 0 aliphatic carbocycles. The molecule has 1 saturated heterocycles. The summed E-state index contributed by atoms with van der Waals surface area (Å²) in [6, 6.07) is 0. The van der Waals surface area contributed by atoms with E-state index in [-0.39, 0.29) is 13.2 Å². The Balaban J connectivity index is 2.40. The maximum absolute atomic E-state index is 12.7. The molecule has 1 aliphatic heterocycles. The van der Waals surface area contributed by atoms with E-state index < -0.39 is 30.0 Å². The number of carbonyl (C=O) groups excluding carboxylic acids is 1. The number of aliphatic hydroxyl groups is 1. The SMILES string of the molecule is CC(C)(CO)NCC1CC(F)(F)C(=O)O1. The molecule has 0 aromatic heterocycles. The molecule has 0 saturated carbocycles. The van der Waals surface area contributed by atoms with E-state index in [1.165, 1.54) is 0 Å². The summed E-state index contributed by atoms with van der Waals surface area (Å²) in [7, 11) is 0. The number of alkyl halides is 2. The van der Waals surface area contributed by atoms with Crippen LogP contribution in [0.15, 0.2) is 0 Å². The quantitative estimate of drug-likeness (QED) is 0.673. The number of cyclic esters (lactones) is 1. The van der Waals surface area contributed by atoms with Gasteiger partial charge in [0.05, 0.1) is 13.0 Å². The van der Waals surface area contributed by atoms with Gasteiger partial charge in [0.2, 0.25) is 0 Å². The Labute approximate surface area is 86.6 Å². The van der Waals surface area contributed by atoms with Crippen molar-refractivity contribution >= 4 is 5.97 Å². The Kier molecular flexibility index (Phi) is 3.30. The van der Waals surface area contributed by atoms with E-state index in [0.717, 1.165) is 0 Å². The van der Waals surface area contributed by atoms with Crippen LogP contribution in [0.2, 0.25) is 0 Å². The highest BCUT2D eigenvalue weighted by atomic mass is 19.3. The van der Waals surface area contributed by atoms with Crippen LogP contribution in [0.1, 0.15) is 20.3 Å². The van der Waals surface area contributed by atoms with E-state index in [2.05, 4.69) is 10.1 Å². The van der Waals surface area contributed by atoms with Crippen molar-refractivity contribution in [2.45, 2.75) is 37.8 Å². The van der Waals surface area contributed by atoms with Crippen molar-refractivity contribution in [3.05, 3.63) is 0 Å². The normalized spacial score (nSPS) is 25.4. The summed E-state index contributed by atoms with van der Waals surface area (Å²) in [5.74, 6) is -4.83. The van der Waals surface area contributed by atoms with Crippen molar-refractivity contribution in [3.63, 3.8) is 0 Å². The second kappa shape index (κ2) is 4.02. The Hall–Kier alpha value is -0.750. The first-order valence-corrected chi connectivity index (χ1v) is 4.72. The summed E-state index contributed by atoms with van der Waals surface area (Å²) in [6.45, 7) is 3.45. The topological polar surface area (TPSA) is 58.6 Å². The number of hydrogen-bond acceptors (Lipinski definition) is 4. The van der Waals surface area contributed by atoms with Crippen LogP contribution in [-0.2, 0) is 9.53 Å². The molecule has 4 nitrogen and oxygen atoms in total. The lowest BCUT2D eigenvalue weighted by molar-refractivity contribution is -0.159. The molecule has 0 amide bonds. The average molecular weight is 223 g/mol. The molecule has 1 aliphatic rings. The molecule has 6 heteroatoms. The van der Waals surface area contributed by atoms with Gasteiger partial charge in [0, 0.05) is 12.1 Å². The van der Waals surface area contributed by atoms with Gasteiger partial charge in [-0.1, -0.05) is 0 Å². The summed E-state index contributed by atoms with van der Waals surface area (Å²) in [5, 5.41) is 11.8. The van der Waals surface area contributed by atoms with Crippen LogP contribution in [0.25, 0.3) is 0 Å². The van der Waals surface area contributed by atoms with Crippen LogP contribution in [0.3, 0.4) is 0 Å². The molecule has 0 radical (unpaired) electrons. The van der Waals surface area contributed by atoms with E-state index in [4.69, 9.17) is 5.11 Å². The van der Waals surface area contributed by atoms with Crippen molar-refractivity contribution in [3.8, 4) is 0 Å². The molecule has 1 fully saturated rings. The fourth-order valence-corrected chi connectivity index (χ4v) is 1.21. The molecule has 0 bridgehead atoms. The molecule has 1 rings (SSSR count). The first kappa shape index (κ1) is 12.3. The number of carbonyl (C=O) groups is 1. The summed E-state index contributed by atoms with van der Waals surface area (Å²) in [5.41, 5.74) is -0.565. The third-order valence-corrected chi connectivity index (χ3v) is 2.26. The first-order chi connectivity index (χ1) is 6.77. The predicted molar refractivity (Wildman–Crippen MR) is 48.6 cm³/mol. The third-order valence-electron chi connectivity index (χ3n) is 2.26. The zero-order valence-electron chi connectivity index (χ0n) is 8.72. The minimum absolute atomic E-state index is 0.120. The lowest BCUT2D eigenvalue weighted by Gasteiger charge is -2.24. The van der Waals surface area contributed by atoms with Crippen molar-refractivity contribution in [1.82, 2.24) is 5.32 Å². The molecule has 2 N–H and O–H groups in total. The van der Waals surface area contributed by atoms with Crippen LogP contribution in [0, 0.1) is 0 Å². The van der Waals surface area contributed by atoms with Gasteiger partial charge in [-0.3, -0.25) is 0 Å². The number of aliphatic hydroxyl groups excluding tert-OH is 1. The predicted octanol–water partition coefficient (Wildman–Crippen LogP) is 0.298. The van der Waals surface area contributed by atoms with Gasteiger partial charge in [0.25, 0.3) is 0 Å². The highest BCUT2D eigenvalue weighted by Gasteiger charge is 2.50. The Bertz CT molecular complexity index is 256. The first-order valence-electron chi connectivity index (χ1n) is 4.72. The second-order valence-electron chi connectivity index (χ2n) is 4.36. The Morgan fingerprint density at radius 1 is 1.67 bits per heavy atom. The molecule has 0 aromatic rings. The van der Waals surface area contributed by atoms with Crippen molar-refractivity contribution < 1.29 is 23.4 Å². The fraction of sp³-hybridized carbons (Fsp3) is 0.889. The minimum Gasteiger partial charge on any atom is -0.456 e. The number of esters is 1. The van der Waals surface area contributed by atoms with Gasteiger partial charge in [-0.05, 0) is 13.8 Å². The Morgan fingerprint density at radius 3 is 2.67 bits per heavy atom. The largest absolute Gasteiger partial charge is 0.456 e. The van der Waals surface area contributed by atoms with E-state index >= 15 is 0 Å². The van der Waals surface area contributed by atoms with Crippen LogP contribution in [0.4, 0.5) is 8.78 Å². The zero-order valence-corrected chi connectivity index (χ0v) is 8.72. The van der Waals surface area contributed by atoms with E-state index in [1.807, 2.05) is 0 Å². The van der Waals surface area contributed by atoms with Gasteiger partial charge in [0.1, 0.15) is 6.10 Å². The van der Waals surface area contributed by atoms with Gasteiger partial charge < -0.3 is 15.2 Å². The molecular weight excluding hydrogens is 208 g/mol. The van der Waals surface area contributed by atoms with Gasteiger partial charge >= 0.3 is 11.9 Å². The van der Waals surface area contributed by atoms with Crippen LogP contribution < -0.4 is 5.32 Å². The van der Waals surface area contributed by atoms with Gasteiger partial charge in [-0.2, -0.15) is 8.78 Å². The summed E-state index contributed by atoms with van der Waals surface area (Å²) >= 11 is 0. The number of nitrogens with one attached hydrogen (secondary N) is 1. The number of halogens is 2. The monoisotopic (exact) mass is 223 g/mol. The molecule has 88 valence electrons. The fourth-order valence-electron chi connectivity index (χ4n) is 1.21. The maximum Gasteiger partial charge on any atom is 0.377 e. The van der Waals surface area contributed by atoms with Crippen molar-refractivity contribution in [1.29, 1.82) is 0 Å². The third kappa shape index (κ3) is 3.10. The lowest BCUT2D eigenvalue weighted by Crippen LogP contribution is -2.46. The number of hydrogen-bond donors (Lipinski definition) is 2. The highest BCUT2D eigenvalue weighted by molar-refractivity contribution is 5.79. The smallest absolute Gasteiger partial charge is 0.377 e. The lowest BCUT2D eigenvalue weighted by atomic mass is 10.1. The molecule has 0 spiro atoms.